The number of carboxylic acids is 1. The number of hydrogen-bond acceptors (Lipinski definition) is 2. The molecule has 3 nitrogen and oxygen atoms in total. The molecule has 2 atom stereocenters. The lowest BCUT2D eigenvalue weighted by Gasteiger charge is -2.26. The van der Waals surface area contributed by atoms with Crippen molar-refractivity contribution in [1.82, 2.24) is 0 Å². The van der Waals surface area contributed by atoms with E-state index < -0.39 is 23.2 Å². The highest BCUT2D eigenvalue weighted by Gasteiger charge is 2.52. The van der Waals surface area contributed by atoms with Crippen LogP contribution in [0.3, 0.4) is 0 Å². The van der Waals surface area contributed by atoms with Gasteiger partial charge in [0.15, 0.2) is 0 Å². The molecule has 2 aliphatic rings. The first-order chi connectivity index (χ1) is 13.4. The topological polar surface area (TPSA) is 46.5 Å². The summed E-state index contributed by atoms with van der Waals surface area (Å²) < 4.78 is 33.8. The van der Waals surface area contributed by atoms with E-state index in [2.05, 4.69) is 6.58 Å². The highest BCUT2D eigenvalue weighted by Crippen LogP contribution is 2.59. The standard InChI is InChI=1S/C23H14F2O3/c1-2-23-18-9-12(15-8-5-14(24)11-20(15)25)3-6-16(18)21(28-23)17-7-4-13(22(26)27)10-19(17)23/h2-11,21H,1H2,(H,26,27). The molecule has 5 heteroatoms. The molecule has 0 saturated carbocycles. The summed E-state index contributed by atoms with van der Waals surface area (Å²) in [5.41, 5.74) is 3.40. The summed E-state index contributed by atoms with van der Waals surface area (Å²) in [6.45, 7) is 3.92. The lowest BCUT2D eigenvalue weighted by molar-refractivity contribution is 0.0305. The SMILES string of the molecule is C=CC12OC(c3ccc(C(=O)O)cc31)c1ccc(-c3ccc(F)cc3F)cc12. The van der Waals surface area contributed by atoms with Crippen LogP contribution < -0.4 is 0 Å². The number of carboxylic acid groups (broad SMARTS) is 1. The first-order valence-corrected chi connectivity index (χ1v) is 8.73. The number of hydrogen-bond donors (Lipinski definition) is 1. The van der Waals surface area contributed by atoms with Crippen LogP contribution in [0.25, 0.3) is 11.1 Å². The number of ether oxygens (including phenoxy) is 1. The van der Waals surface area contributed by atoms with Crippen LogP contribution in [0.1, 0.15) is 38.7 Å². The minimum atomic E-state index is -1.02. The number of rotatable bonds is 3. The zero-order valence-corrected chi connectivity index (χ0v) is 14.6. The molecule has 2 heterocycles. The van der Waals surface area contributed by atoms with Crippen LogP contribution in [0.15, 0.2) is 67.3 Å². The Morgan fingerprint density at radius 3 is 2.43 bits per heavy atom. The van der Waals surface area contributed by atoms with Crippen molar-refractivity contribution in [2.24, 2.45) is 0 Å². The quantitative estimate of drug-likeness (QED) is 0.640. The number of halogens is 2. The van der Waals surface area contributed by atoms with Crippen molar-refractivity contribution in [3.05, 3.63) is 107 Å². The van der Waals surface area contributed by atoms with E-state index in [9.17, 15) is 18.7 Å². The minimum Gasteiger partial charge on any atom is -0.478 e. The van der Waals surface area contributed by atoms with E-state index in [0.29, 0.717) is 5.56 Å². The van der Waals surface area contributed by atoms with Crippen molar-refractivity contribution in [3.8, 4) is 11.1 Å². The van der Waals surface area contributed by atoms with E-state index in [4.69, 9.17) is 4.74 Å². The van der Waals surface area contributed by atoms with Crippen LogP contribution >= 0.6 is 0 Å². The van der Waals surface area contributed by atoms with Gasteiger partial charge in [-0.2, -0.15) is 0 Å². The third kappa shape index (κ3) is 2.08. The van der Waals surface area contributed by atoms with Crippen LogP contribution in [0, 0.1) is 11.6 Å². The van der Waals surface area contributed by atoms with Crippen molar-refractivity contribution < 1.29 is 23.4 Å². The summed E-state index contributed by atoms with van der Waals surface area (Å²) in [6, 6.07) is 13.9. The molecule has 28 heavy (non-hydrogen) atoms. The Bertz CT molecular complexity index is 1180. The fourth-order valence-corrected chi connectivity index (χ4v) is 4.26. The predicted molar refractivity (Wildman–Crippen MR) is 99.1 cm³/mol. The Morgan fingerprint density at radius 1 is 1.04 bits per heavy atom. The van der Waals surface area contributed by atoms with Gasteiger partial charge < -0.3 is 9.84 Å². The molecule has 0 amide bonds. The Morgan fingerprint density at radius 2 is 1.75 bits per heavy atom. The van der Waals surface area contributed by atoms with E-state index in [1.165, 1.54) is 12.1 Å². The van der Waals surface area contributed by atoms with Crippen molar-refractivity contribution in [2.75, 3.05) is 0 Å². The molecule has 0 fully saturated rings. The third-order valence-corrected chi connectivity index (χ3v) is 5.55. The fraction of sp³-hybridized carbons (Fsp3) is 0.0870. The van der Waals surface area contributed by atoms with Gasteiger partial charge >= 0.3 is 5.97 Å². The van der Waals surface area contributed by atoms with Crippen molar-refractivity contribution in [2.45, 2.75) is 11.7 Å². The molecule has 3 aromatic carbocycles. The van der Waals surface area contributed by atoms with E-state index in [0.717, 1.165) is 28.3 Å². The maximum atomic E-state index is 14.3. The zero-order chi connectivity index (χ0) is 19.6. The Kier molecular flexibility index (Phi) is 3.36. The summed E-state index contributed by atoms with van der Waals surface area (Å²) in [5, 5.41) is 9.34. The molecular formula is C23H14F2O3. The number of aromatic carboxylic acids is 1. The molecule has 5 rings (SSSR count). The van der Waals surface area contributed by atoms with Crippen LogP contribution in [0.5, 0.6) is 0 Å². The molecule has 0 aliphatic carbocycles. The van der Waals surface area contributed by atoms with Gasteiger partial charge in [-0.25, -0.2) is 13.6 Å². The fourth-order valence-electron chi connectivity index (χ4n) is 4.26. The molecule has 2 aliphatic heterocycles. The number of carbonyl (C=O) groups is 1. The minimum absolute atomic E-state index is 0.165. The normalized spacial score (nSPS) is 21.3. The molecule has 0 spiro atoms. The van der Waals surface area contributed by atoms with Crippen LogP contribution in [-0.4, -0.2) is 11.1 Å². The second-order valence-electron chi connectivity index (χ2n) is 6.97. The second kappa shape index (κ2) is 5.59. The van der Waals surface area contributed by atoms with Gasteiger partial charge in [-0.15, -0.1) is 0 Å². The maximum Gasteiger partial charge on any atom is 0.335 e. The van der Waals surface area contributed by atoms with E-state index in [1.54, 1.807) is 30.3 Å². The van der Waals surface area contributed by atoms with Gasteiger partial charge in [-0.1, -0.05) is 30.9 Å². The van der Waals surface area contributed by atoms with Crippen molar-refractivity contribution >= 4 is 5.97 Å². The number of benzene rings is 3. The number of fused-ring (bicyclic) bond motifs is 8. The monoisotopic (exact) mass is 376 g/mol. The third-order valence-electron chi connectivity index (χ3n) is 5.55. The highest BCUT2D eigenvalue weighted by molar-refractivity contribution is 5.88. The first kappa shape index (κ1) is 16.8. The van der Waals surface area contributed by atoms with Gasteiger partial charge in [0.25, 0.3) is 0 Å². The predicted octanol–water partition coefficient (Wildman–Crippen LogP) is 5.19. The smallest absolute Gasteiger partial charge is 0.335 e. The largest absolute Gasteiger partial charge is 0.478 e. The molecule has 0 aromatic heterocycles. The van der Waals surface area contributed by atoms with Gasteiger partial charge in [0.05, 0.1) is 5.56 Å². The first-order valence-electron chi connectivity index (χ1n) is 8.73. The average Bonchev–Trinajstić information content (AvgIpc) is 3.19. The highest BCUT2D eigenvalue weighted by atomic mass is 19.1. The molecule has 0 radical (unpaired) electrons. The molecule has 0 saturated heterocycles. The van der Waals surface area contributed by atoms with Gasteiger partial charge in [-0.3, -0.25) is 0 Å². The van der Waals surface area contributed by atoms with Gasteiger partial charge in [-0.05, 0) is 58.1 Å². The van der Waals surface area contributed by atoms with Gasteiger partial charge in [0, 0.05) is 11.6 Å². The van der Waals surface area contributed by atoms with E-state index in [-0.39, 0.29) is 17.2 Å². The van der Waals surface area contributed by atoms with Gasteiger partial charge in [0.1, 0.15) is 23.3 Å². The molecule has 2 unspecified atom stereocenters. The lowest BCUT2D eigenvalue weighted by Crippen LogP contribution is -2.22. The van der Waals surface area contributed by atoms with Crippen LogP contribution in [0.4, 0.5) is 8.78 Å². The summed E-state index contributed by atoms with van der Waals surface area (Å²) in [6.07, 6.45) is 1.31. The van der Waals surface area contributed by atoms with Crippen molar-refractivity contribution in [3.63, 3.8) is 0 Å². The summed E-state index contributed by atoms with van der Waals surface area (Å²) in [4.78, 5) is 11.4. The molecule has 3 aromatic rings. The van der Waals surface area contributed by atoms with Crippen molar-refractivity contribution in [1.29, 1.82) is 0 Å². The van der Waals surface area contributed by atoms with Crippen LogP contribution in [-0.2, 0) is 10.3 Å². The summed E-state index contributed by atoms with van der Waals surface area (Å²) in [7, 11) is 0. The second-order valence-corrected chi connectivity index (χ2v) is 6.97. The van der Waals surface area contributed by atoms with E-state index >= 15 is 0 Å². The van der Waals surface area contributed by atoms with Crippen LogP contribution in [0.2, 0.25) is 0 Å². The lowest BCUT2D eigenvalue weighted by atomic mass is 9.76. The molecule has 138 valence electrons. The average molecular weight is 376 g/mol. The summed E-state index contributed by atoms with van der Waals surface area (Å²) >= 11 is 0. The molecule has 1 N–H and O–H groups in total. The maximum absolute atomic E-state index is 14.3. The molecular weight excluding hydrogens is 362 g/mol. The Hall–Kier alpha value is -3.31. The van der Waals surface area contributed by atoms with Gasteiger partial charge in [0.2, 0.25) is 0 Å². The van der Waals surface area contributed by atoms with E-state index in [1.807, 2.05) is 12.1 Å². The summed E-state index contributed by atoms with van der Waals surface area (Å²) in [5.74, 6) is -2.31. The Labute approximate surface area is 159 Å². The Balaban J connectivity index is 1.71. The zero-order valence-electron chi connectivity index (χ0n) is 14.6. The molecule has 2 bridgehead atoms.